The summed E-state index contributed by atoms with van der Waals surface area (Å²) in [6.45, 7) is 0. The highest BCUT2D eigenvalue weighted by Gasteiger charge is 2.12. The molecule has 0 saturated heterocycles. The van der Waals surface area contributed by atoms with Crippen LogP contribution in [-0.4, -0.2) is 26.7 Å². The molecule has 7 nitrogen and oxygen atoms in total. The van der Waals surface area contributed by atoms with E-state index in [9.17, 15) is 20.0 Å². The zero-order valence-corrected chi connectivity index (χ0v) is 14.5. The maximum atomic E-state index is 12.4. The lowest BCUT2D eigenvalue weighted by molar-refractivity contribution is -0.112. The number of nitriles is 1. The summed E-state index contributed by atoms with van der Waals surface area (Å²) in [5.41, 5.74) is 1.79. The molecule has 1 amide bonds. The smallest absolute Gasteiger partial charge is 0.335 e. The molecule has 7 heteroatoms. The first-order valence-corrected chi connectivity index (χ1v) is 8.21. The van der Waals surface area contributed by atoms with Crippen LogP contribution >= 0.6 is 0 Å². The lowest BCUT2D eigenvalue weighted by Crippen LogP contribution is -2.13. The van der Waals surface area contributed by atoms with Crippen LogP contribution in [0.5, 0.6) is 5.75 Å². The van der Waals surface area contributed by atoms with E-state index in [4.69, 9.17) is 5.11 Å². The van der Waals surface area contributed by atoms with Crippen LogP contribution in [0.1, 0.15) is 16.1 Å². The normalized spacial score (nSPS) is 10.9. The Morgan fingerprint density at radius 1 is 1.04 bits per heavy atom. The van der Waals surface area contributed by atoms with Gasteiger partial charge in [-0.05, 0) is 66.7 Å². The van der Waals surface area contributed by atoms with Gasteiger partial charge < -0.3 is 20.1 Å². The lowest BCUT2D eigenvalue weighted by atomic mass is 10.2. The van der Waals surface area contributed by atoms with Gasteiger partial charge in [0.15, 0.2) is 0 Å². The van der Waals surface area contributed by atoms with Gasteiger partial charge in [0.2, 0.25) is 0 Å². The van der Waals surface area contributed by atoms with Gasteiger partial charge in [-0.2, -0.15) is 5.26 Å². The van der Waals surface area contributed by atoms with Crippen LogP contribution in [-0.2, 0) is 4.79 Å². The number of rotatable bonds is 5. The molecule has 138 valence electrons. The van der Waals surface area contributed by atoms with E-state index in [0.29, 0.717) is 17.1 Å². The molecule has 3 N–H and O–H groups in total. The van der Waals surface area contributed by atoms with Crippen molar-refractivity contribution in [2.24, 2.45) is 0 Å². The van der Waals surface area contributed by atoms with Crippen molar-refractivity contribution >= 4 is 23.6 Å². The number of phenols is 1. The predicted octanol–water partition coefficient (Wildman–Crippen LogP) is 3.43. The minimum atomic E-state index is -1.02. The van der Waals surface area contributed by atoms with E-state index in [1.54, 1.807) is 35.0 Å². The van der Waals surface area contributed by atoms with E-state index in [1.807, 2.05) is 6.07 Å². The van der Waals surface area contributed by atoms with Crippen molar-refractivity contribution in [1.82, 2.24) is 4.57 Å². The number of phenolic OH excluding ortho intramolecular Hbond substituents is 1. The first kappa shape index (κ1) is 18.5. The number of nitrogens with one attached hydrogen (secondary N) is 1. The van der Waals surface area contributed by atoms with E-state index < -0.39 is 11.9 Å². The standard InChI is InChI=1S/C21H15N3O4/c22-13-15(20(26)23-16-5-9-19(25)10-6-16)12-18-2-1-11-24(18)17-7-3-14(4-8-17)21(27)28/h1-12,25H,(H,23,26)(H,27,28). The molecule has 0 bridgehead atoms. The van der Waals surface area contributed by atoms with Crippen LogP contribution in [0.2, 0.25) is 0 Å². The molecule has 0 aliphatic carbocycles. The van der Waals surface area contributed by atoms with Crippen molar-refractivity contribution in [3.05, 3.63) is 83.7 Å². The lowest BCUT2D eigenvalue weighted by Gasteiger charge is -2.08. The monoisotopic (exact) mass is 373 g/mol. The first-order valence-electron chi connectivity index (χ1n) is 8.21. The Balaban J connectivity index is 1.86. The highest BCUT2D eigenvalue weighted by molar-refractivity contribution is 6.09. The van der Waals surface area contributed by atoms with E-state index in [-0.39, 0.29) is 16.9 Å². The molecule has 0 spiro atoms. The second-order valence-corrected chi connectivity index (χ2v) is 5.83. The van der Waals surface area contributed by atoms with Crippen molar-refractivity contribution in [3.63, 3.8) is 0 Å². The third kappa shape index (κ3) is 4.08. The Hall–Kier alpha value is -4.31. The van der Waals surface area contributed by atoms with Crippen LogP contribution < -0.4 is 5.32 Å². The molecular weight excluding hydrogens is 358 g/mol. The average Bonchev–Trinajstić information content (AvgIpc) is 3.16. The number of carbonyl (C=O) groups is 2. The van der Waals surface area contributed by atoms with Gasteiger partial charge in [-0.3, -0.25) is 4.79 Å². The van der Waals surface area contributed by atoms with Crippen molar-refractivity contribution < 1.29 is 19.8 Å². The van der Waals surface area contributed by atoms with Gasteiger partial charge in [-0.15, -0.1) is 0 Å². The average molecular weight is 373 g/mol. The fraction of sp³-hybridized carbons (Fsp3) is 0. The van der Waals surface area contributed by atoms with Crippen molar-refractivity contribution in [3.8, 4) is 17.5 Å². The molecule has 0 fully saturated rings. The Bertz CT molecular complexity index is 1090. The number of benzene rings is 2. The van der Waals surface area contributed by atoms with Gasteiger partial charge in [0.1, 0.15) is 17.4 Å². The molecule has 2 aromatic carbocycles. The Labute approximate surface area is 160 Å². The summed E-state index contributed by atoms with van der Waals surface area (Å²) in [5, 5.41) is 30.3. The SMILES string of the molecule is N#CC(=Cc1cccn1-c1ccc(C(=O)O)cc1)C(=O)Nc1ccc(O)cc1. The van der Waals surface area contributed by atoms with Crippen molar-refractivity contribution in [2.75, 3.05) is 5.32 Å². The quantitative estimate of drug-likeness (QED) is 0.360. The van der Waals surface area contributed by atoms with Crippen molar-refractivity contribution in [1.29, 1.82) is 5.26 Å². The Morgan fingerprint density at radius 3 is 2.32 bits per heavy atom. The molecule has 28 heavy (non-hydrogen) atoms. The number of hydrogen-bond donors (Lipinski definition) is 3. The molecule has 3 aromatic rings. The van der Waals surface area contributed by atoms with Crippen LogP contribution in [0, 0.1) is 11.3 Å². The summed E-state index contributed by atoms with van der Waals surface area (Å²) in [6, 6.07) is 17.5. The summed E-state index contributed by atoms with van der Waals surface area (Å²) in [7, 11) is 0. The highest BCUT2D eigenvalue weighted by Crippen LogP contribution is 2.18. The molecule has 0 unspecified atom stereocenters. The topological polar surface area (TPSA) is 115 Å². The first-order chi connectivity index (χ1) is 13.5. The predicted molar refractivity (Wildman–Crippen MR) is 103 cm³/mol. The molecule has 0 aliphatic rings. The van der Waals surface area contributed by atoms with Crippen LogP contribution in [0.25, 0.3) is 11.8 Å². The van der Waals surface area contributed by atoms with Crippen LogP contribution in [0.4, 0.5) is 5.69 Å². The molecular formula is C21H15N3O4. The molecule has 3 rings (SSSR count). The highest BCUT2D eigenvalue weighted by atomic mass is 16.4. The van der Waals surface area contributed by atoms with Gasteiger partial charge in [0.25, 0.3) is 5.91 Å². The van der Waals surface area contributed by atoms with E-state index in [2.05, 4.69) is 5.32 Å². The number of carbonyl (C=O) groups excluding carboxylic acids is 1. The van der Waals surface area contributed by atoms with Gasteiger partial charge in [-0.1, -0.05) is 0 Å². The summed E-state index contributed by atoms with van der Waals surface area (Å²) in [6.07, 6.45) is 3.19. The maximum Gasteiger partial charge on any atom is 0.335 e. The molecule has 0 aliphatic heterocycles. The maximum absolute atomic E-state index is 12.4. The number of aromatic hydroxyl groups is 1. The minimum absolute atomic E-state index is 0.0702. The van der Waals surface area contributed by atoms with Gasteiger partial charge in [-0.25, -0.2) is 4.79 Å². The zero-order chi connectivity index (χ0) is 20.1. The fourth-order valence-electron chi connectivity index (χ4n) is 2.55. The number of amides is 1. The Morgan fingerprint density at radius 2 is 1.71 bits per heavy atom. The summed E-state index contributed by atoms with van der Waals surface area (Å²) in [4.78, 5) is 23.4. The third-order valence-corrected chi connectivity index (χ3v) is 3.96. The second-order valence-electron chi connectivity index (χ2n) is 5.83. The molecule has 0 atom stereocenters. The van der Waals surface area contributed by atoms with E-state index in [0.717, 1.165) is 0 Å². The number of carboxylic acids is 1. The van der Waals surface area contributed by atoms with Gasteiger partial charge in [0.05, 0.1) is 5.56 Å². The number of carboxylic acid groups (broad SMARTS) is 1. The van der Waals surface area contributed by atoms with Crippen LogP contribution in [0.15, 0.2) is 72.4 Å². The largest absolute Gasteiger partial charge is 0.508 e. The minimum Gasteiger partial charge on any atom is -0.508 e. The third-order valence-electron chi connectivity index (χ3n) is 3.96. The Kier molecular flexibility index (Phi) is 5.23. The van der Waals surface area contributed by atoms with Crippen LogP contribution in [0.3, 0.4) is 0 Å². The summed E-state index contributed by atoms with van der Waals surface area (Å²) < 4.78 is 1.73. The van der Waals surface area contributed by atoms with Crippen molar-refractivity contribution in [2.45, 2.75) is 0 Å². The fourth-order valence-corrected chi connectivity index (χ4v) is 2.55. The number of anilines is 1. The van der Waals surface area contributed by atoms with E-state index in [1.165, 1.54) is 42.5 Å². The summed E-state index contributed by atoms with van der Waals surface area (Å²) >= 11 is 0. The van der Waals surface area contributed by atoms with E-state index >= 15 is 0 Å². The number of nitrogens with zero attached hydrogens (tertiary/aromatic N) is 2. The number of aromatic nitrogens is 1. The summed E-state index contributed by atoms with van der Waals surface area (Å²) in [5.74, 6) is -1.53. The second kappa shape index (κ2) is 7.93. The van der Waals surface area contributed by atoms with Gasteiger partial charge >= 0.3 is 5.97 Å². The number of hydrogen-bond acceptors (Lipinski definition) is 4. The molecule has 1 aromatic heterocycles. The molecule has 0 saturated carbocycles. The molecule has 1 heterocycles. The zero-order valence-electron chi connectivity index (χ0n) is 14.5. The molecule has 0 radical (unpaired) electrons. The van der Waals surface area contributed by atoms with Gasteiger partial charge in [0, 0.05) is 23.3 Å². The number of aromatic carboxylic acids is 1.